The van der Waals surface area contributed by atoms with E-state index in [0.29, 0.717) is 23.7 Å². The van der Waals surface area contributed by atoms with Gasteiger partial charge in [0.05, 0.1) is 37.2 Å². The Morgan fingerprint density at radius 3 is 2.58 bits per heavy atom. The van der Waals surface area contributed by atoms with Crippen LogP contribution in [0.3, 0.4) is 0 Å². The van der Waals surface area contributed by atoms with E-state index < -0.39 is 41.2 Å². The minimum absolute atomic E-state index is 0.0769. The average molecular weight is 602 g/mol. The quantitative estimate of drug-likeness (QED) is 0.252. The topological polar surface area (TPSA) is 124 Å². The number of hydrogen-bond acceptors (Lipinski definition) is 10. The second-order valence-electron chi connectivity index (χ2n) is 13.1. The fourth-order valence-electron chi connectivity index (χ4n) is 7.10. The molecule has 1 aliphatic carbocycles. The Balaban J connectivity index is 1.43. The van der Waals surface area contributed by atoms with Gasteiger partial charge in [-0.05, 0) is 88.3 Å². The number of hydrogen-bond donors (Lipinski definition) is 2. The van der Waals surface area contributed by atoms with Crippen molar-refractivity contribution in [2.45, 2.75) is 114 Å². The normalized spacial score (nSPS) is 25.6. The Morgan fingerprint density at radius 1 is 1.09 bits per heavy atom. The molecule has 1 spiro atoms. The molecular formula is C33H47NO9. The number of rotatable bonds is 13. The lowest BCUT2D eigenvalue weighted by Crippen LogP contribution is -2.49. The third-order valence-corrected chi connectivity index (χ3v) is 9.43. The van der Waals surface area contributed by atoms with Crippen LogP contribution in [0.4, 0.5) is 0 Å². The third-order valence-electron chi connectivity index (χ3n) is 9.43. The van der Waals surface area contributed by atoms with E-state index in [1.807, 2.05) is 12.1 Å². The molecule has 5 rings (SSSR count). The summed E-state index contributed by atoms with van der Waals surface area (Å²) in [5.74, 6) is -0.0495. The van der Waals surface area contributed by atoms with Gasteiger partial charge in [0.1, 0.15) is 5.76 Å². The first-order valence-electron chi connectivity index (χ1n) is 15.8. The molecule has 0 saturated carbocycles. The van der Waals surface area contributed by atoms with Crippen molar-refractivity contribution in [3.05, 3.63) is 35.1 Å². The molecule has 3 heterocycles. The zero-order valence-corrected chi connectivity index (χ0v) is 26.0. The van der Waals surface area contributed by atoms with E-state index >= 15 is 0 Å². The Bertz CT molecular complexity index is 1220. The molecule has 4 aliphatic rings. The molecule has 0 aromatic heterocycles. The molecule has 2 N–H and O–H groups in total. The van der Waals surface area contributed by atoms with Crippen molar-refractivity contribution in [1.82, 2.24) is 4.90 Å². The molecule has 1 saturated heterocycles. The zero-order chi connectivity index (χ0) is 30.8. The van der Waals surface area contributed by atoms with E-state index in [1.54, 1.807) is 21.0 Å². The van der Waals surface area contributed by atoms with Gasteiger partial charge in [0.15, 0.2) is 23.2 Å². The molecule has 4 atom stereocenters. The summed E-state index contributed by atoms with van der Waals surface area (Å²) in [7, 11) is 1.56. The summed E-state index contributed by atoms with van der Waals surface area (Å²) in [6, 6.07) is 4.02. The third kappa shape index (κ3) is 6.51. The SMILES string of the molecule is CCCCCCOC(=O)C[C@](O)(CCC(C)(C)O)C(=O)OC1C(OC)=C[C@]23CCCN2CCc2cc4c(cc2[C@H]13)OCO4. The van der Waals surface area contributed by atoms with Gasteiger partial charge in [0.25, 0.3) is 0 Å². The largest absolute Gasteiger partial charge is 0.497 e. The smallest absolute Gasteiger partial charge is 0.339 e. The molecule has 238 valence electrons. The van der Waals surface area contributed by atoms with E-state index in [2.05, 4.69) is 17.9 Å². The maximum absolute atomic E-state index is 14.0. The molecule has 0 amide bonds. The number of benzene rings is 1. The minimum Gasteiger partial charge on any atom is -0.497 e. The van der Waals surface area contributed by atoms with Crippen LogP contribution in [0.25, 0.3) is 0 Å². The van der Waals surface area contributed by atoms with Crippen LogP contribution in [0.2, 0.25) is 0 Å². The zero-order valence-electron chi connectivity index (χ0n) is 26.0. The molecule has 1 aromatic carbocycles. The first-order valence-corrected chi connectivity index (χ1v) is 15.8. The number of carbonyl (C=O) groups is 2. The maximum Gasteiger partial charge on any atom is 0.339 e. The van der Waals surface area contributed by atoms with Crippen molar-refractivity contribution < 1.29 is 43.5 Å². The van der Waals surface area contributed by atoms with Gasteiger partial charge in [0, 0.05) is 6.54 Å². The summed E-state index contributed by atoms with van der Waals surface area (Å²) in [5, 5.41) is 22.2. The average Bonchev–Trinajstić information content (AvgIpc) is 3.65. The van der Waals surface area contributed by atoms with Gasteiger partial charge in [-0.15, -0.1) is 0 Å². The maximum atomic E-state index is 14.0. The summed E-state index contributed by atoms with van der Waals surface area (Å²) < 4.78 is 28.9. The van der Waals surface area contributed by atoms with E-state index in [1.165, 1.54) is 0 Å². The van der Waals surface area contributed by atoms with Crippen molar-refractivity contribution in [2.75, 3.05) is 33.6 Å². The predicted molar refractivity (Wildman–Crippen MR) is 158 cm³/mol. The van der Waals surface area contributed by atoms with Gasteiger partial charge in [-0.2, -0.15) is 0 Å². The molecular weight excluding hydrogens is 554 g/mol. The molecule has 1 fully saturated rings. The standard InChI is InChI=1S/C33H47NO9/c1-5-6-7-8-16-40-27(35)20-33(38,13-12-31(2,3)37)30(36)43-29-26(39-4)19-32-11-9-14-34(32)15-10-22-17-24-25(42-21-41-24)18-23(22)28(29)32/h17-19,28-29,37-38H,5-16,20-21H2,1-4H3/t28-,29?,32+,33-/m1/s1. The fourth-order valence-corrected chi connectivity index (χ4v) is 7.10. The molecule has 10 heteroatoms. The number of ether oxygens (including phenoxy) is 5. The molecule has 1 aromatic rings. The highest BCUT2D eigenvalue weighted by molar-refractivity contribution is 5.86. The highest BCUT2D eigenvalue weighted by Crippen LogP contribution is 2.55. The number of methoxy groups -OCH3 is 1. The lowest BCUT2D eigenvalue weighted by Gasteiger charge is -2.39. The summed E-state index contributed by atoms with van der Waals surface area (Å²) >= 11 is 0. The van der Waals surface area contributed by atoms with Crippen LogP contribution >= 0.6 is 0 Å². The Morgan fingerprint density at radius 2 is 1.86 bits per heavy atom. The number of nitrogens with zero attached hydrogens (tertiary/aromatic N) is 1. The second-order valence-corrected chi connectivity index (χ2v) is 13.1. The van der Waals surface area contributed by atoms with Crippen LogP contribution < -0.4 is 9.47 Å². The fraction of sp³-hybridized carbons (Fsp3) is 0.697. The molecule has 3 aliphatic heterocycles. The van der Waals surface area contributed by atoms with Gasteiger partial charge >= 0.3 is 11.9 Å². The van der Waals surface area contributed by atoms with Crippen molar-refractivity contribution in [1.29, 1.82) is 0 Å². The number of carbonyl (C=O) groups excluding carboxylic acids is 2. The van der Waals surface area contributed by atoms with E-state index in [-0.39, 0.29) is 32.2 Å². The Kier molecular flexibility index (Phi) is 9.30. The molecule has 1 unspecified atom stereocenters. The summed E-state index contributed by atoms with van der Waals surface area (Å²) in [6.45, 7) is 7.41. The van der Waals surface area contributed by atoms with Crippen LogP contribution in [-0.2, 0) is 30.2 Å². The highest BCUT2D eigenvalue weighted by Gasteiger charge is 2.59. The van der Waals surface area contributed by atoms with Crippen molar-refractivity contribution >= 4 is 11.9 Å². The molecule has 10 nitrogen and oxygen atoms in total. The number of unbranched alkanes of at least 4 members (excludes halogenated alkanes) is 3. The second kappa shape index (κ2) is 12.7. The monoisotopic (exact) mass is 601 g/mol. The minimum atomic E-state index is -2.19. The van der Waals surface area contributed by atoms with Crippen LogP contribution in [0.15, 0.2) is 24.0 Å². The van der Waals surface area contributed by atoms with E-state index in [9.17, 15) is 19.8 Å². The number of aliphatic hydroxyl groups is 2. The van der Waals surface area contributed by atoms with Crippen LogP contribution in [0.5, 0.6) is 11.5 Å². The first kappa shape index (κ1) is 31.6. The molecule has 0 bridgehead atoms. The van der Waals surface area contributed by atoms with Gasteiger partial charge in [-0.1, -0.05) is 26.2 Å². The van der Waals surface area contributed by atoms with Crippen molar-refractivity contribution in [3.63, 3.8) is 0 Å². The number of esters is 2. The van der Waals surface area contributed by atoms with E-state index in [0.717, 1.165) is 62.7 Å². The van der Waals surface area contributed by atoms with Gasteiger partial charge in [-0.25, -0.2) is 4.79 Å². The summed E-state index contributed by atoms with van der Waals surface area (Å²) in [5.41, 5.74) is -1.69. The highest BCUT2D eigenvalue weighted by atomic mass is 16.7. The Hall–Kier alpha value is -2.82. The van der Waals surface area contributed by atoms with Crippen LogP contribution in [0, 0.1) is 0 Å². The first-order chi connectivity index (χ1) is 20.5. The van der Waals surface area contributed by atoms with Crippen molar-refractivity contribution in [3.8, 4) is 11.5 Å². The molecule has 43 heavy (non-hydrogen) atoms. The van der Waals surface area contributed by atoms with Gasteiger partial charge in [-0.3, -0.25) is 9.69 Å². The van der Waals surface area contributed by atoms with Crippen molar-refractivity contribution in [2.24, 2.45) is 0 Å². The van der Waals surface area contributed by atoms with E-state index in [4.69, 9.17) is 23.7 Å². The predicted octanol–water partition coefficient (Wildman–Crippen LogP) is 4.14. The van der Waals surface area contributed by atoms with Crippen LogP contribution in [-0.4, -0.2) is 83.5 Å². The summed E-state index contributed by atoms with van der Waals surface area (Å²) in [6.07, 6.45) is 7.00. The lowest BCUT2D eigenvalue weighted by atomic mass is 9.77. The number of fused-ring (bicyclic) bond motifs is 3. The van der Waals surface area contributed by atoms with Crippen LogP contribution in [0.1, 0.15) is 95.6 Å². The van der Waals surface area contributed by atoms with Gasteiger partial charge < -0.3 is 33.9 Å². The molecule has 0 radical (unpaired) electrons. The lowest BCUT2D eigenvalue weighted by molar-refractivity contribution is -0.180. The summed E-state index contributed by atoms with van der Waals surface area (Å²) in [4.78, 5) is 29.3. The Labute approximate surface area is 254 Å². The van der Waals surface area contributed by atoms with Gasteiger partial charge in [0.2, 0.25) is 6.79 Å².